The van der Waals surface area contributed by atoms with Crippen LogP contribution in [0.25, 0.3) is 0 Å². The van der Waals surface area contributed by atoms with Crippen molar-refractivity contribution in [1.29, 1.82) is 0 Å². The predicted octanol–water partition coefficient (Wildman–Crippen LogP) is 3.97. The molecule has 5 rings (SSSR count). The molecule has 0 radical (unpaired) electrons. The van der Waals surface area contributed by atoms with Gasteiger partial charge in [-0.25, -0.2) is 13.4 Å². The molecule has 13 heteroatoms. The number of nitrogens with zero attached hydrogens (tertiary/aromatic N) is 2. The number of fused-ring (bicyclic) bond motifs is 2. The number of benzene rings is 2. The molecule has 3 aromatic rings. The number of aliphatic hydroxyl groups is 1. The molecular weight excluding hydrogens is 568 g/mol. The number of amides is 2. The van der Waals surface area contributed by atoms with Gasteiger partial charge in [0.1, 0.15) is 0 Å². The zero-order chi connectivity index (χ0) is 29.4. The Morgan fingerprint density at radius 3 is 2.44 bits per heavy atom. The number of nitrogens with one attached hydrogen (secondary N) is 2. The predicted molar refractivity (Wildman–Crippen MR) is 154 cm³/mol. The first-order chi connectivity index (χ1) is 19.4. The number of rotatable bonds is 9. The Balaban J connectivity index is 1.33. The van der Waals surface area contributed by atoms with E-state index in [1.54, 1.807) is 28.5 Å². The Bertz CT molecular complexity index is 1580. The maximum absolute atomic E-state index is 13.2. The first-order valence-electron chi connectivity index (χ1n) is 13.1. The molecule has 1 aromatic heterocycles. The van der Waals surface area contributed by atoms with Gasteiger partial charge < -0.3 is 20.4 Å². The van der Waals surface area contributed by atoms with Gasteiger partial charge >= 0.3 is 5.97 Å². The lowest BCUT2D eigenvalue weighted by Gasteiger charge is -2.27. The van der Waals surface area contributed by atoms with Crippen LogP contribution in [0, 0.1) is 0 Å². The number of aromatic nitrogens is 1. The minimum absolute atomic E-state index is 0.0264. The third kappa shape index (κ3) is 6.11. The van der Waals surface area contributed by atoms with Crippen molar-refractivity contribution in [2.45, 2.75) is 61.4 Å². The second kappa shape index (κ2) is 10.9. The van der Waals surface area contributed by atoms with Crippen molar-refractivity contribution in [1.82, 2.24) is 4.98 Å². The molecule has 4 N–H and O–H groups in total. The summed E-state index contributed by atoms with van der Waals surface area (Å²) in [6, 6.07) is 10.9. The van der Waals surface area contributed by atoms with Gasteiger partial charge in [0.15, 0.2) is 5.13 Å². The molecule has 2 aliphatic rings. The molecule has 0 saturated heterocycles. The molecule has 1 spiro atoms. The van der Waals surface area contributed by atoms with Gasteiger partial charge in [-0.05, 0) is 67.8 Å². The molecule has 0 bridgehead atoms. The summed E-state index contributed by atoms with van der Waals surface area (Å²) in [5.41, 5.74) is 0.382. The molecule has 216 valence electrons. The molecule has 1 aliphatic heterocycles. The van der Waals surface area contributed by atoms with Crippen LogP contribution in [0.5, 0.6) is 0 Å². The summed E-state index contributed by atoms with van der Waals surface area (Å²) >= 11 is 1.16. The molecule has 1 atom stereocenters. The van der Waals surface area contributed by atoms with E-state index in [1.165, 1.54) is 37.4 Å². The normalized spacial score (nSPS) is 17.2. The summed E-state index contributed by atoms with van der Waals surface area (Å²) in [6.45, 7) is 1.76. The van der Waals surface area contributed by atoms with Crippen LogP contribution in [0.1, 0.15) is 61.4 Å². The minimum atomic E-state index is -3.82. The molecule has 1 aliphatic carbocycles. The van der Waals surface area contributed by atoms with Gasteiger partial charge in [0.2, 0.25) is 5.91 Å². The number of aliphatic carboxylic acids is 1. The van der Waals surface area contributed by atoms with Gasteiger partial charge in [-0.1, -0.05) is 12.8 Å². The van der Waals surface area contributed by atoms with E-state index in [9.17, 15) is 27.9 Å². The van der Waals surface area contributed by atoms with E-state index in [0.29, 0.717) is 23.5 Å². The maximum Gasteiger partial charge on any atom is 0.306 e. The van der Waals surface area contributed by atoms with Gasteiger partial charge in [0.25, 0.3) is 15.9 Å². The van der Waals surface area contributed by atoms with Crippen molar-refractivity contribution in [2.75, 3.05) is 21.5 Å². The van der Waals surface area contributed by atoms with E-state index in [-0.39, 0.29) is 33.7 Å². The largest absolute Gasteiger partial charge is 0.481 e. The van der Waals surface area contributed by atoms with E-state index >= 15 is 0 Å². The van der Waals surface area contributed by atoms with Crippen LogP contribution >= 0.6 is 11.3 Å². The van der Waals surface area contributed by atoms with Gasteiger partial charge in [-0.15, -0.1) is 11.3 Å². The standard InChI is InChI=1S/C28H30N4O7S2/c1-27(37,16-24(34)35)15-23(33)32-17-28(10-2-3-11-28)21-14-18(4-9-22(21)32)25(36)30-19-5-7-20(8-6-19)41(38,39)31-26-29-12-13-40-26/h4-9,12-14,37H,2-3,10-11,15-17H2,1H3,(H,29,31)(H,30,36)(H,34,35). The number of carbonyl (C=O) groups is 3. The van der Waals surface area contributed by atoms with Crippen LogP contribution in [-0.2, 0) is 25.0 Å². The van der Waals surface area contributed by atoms with Crippen molar-refractivity contribution >= 4 is 55.7 Å². The van der Waals surface area contributed by atoms with Crippen molar-refractivity contribution in [3.63, 3.8) is 0 Å². The van der Waals surface area contributed by atoms with Gasteiger partial charge in [0, 0.05) is 40.5 Å². The average Bonchev–Trinajstić information content (AvgIpc) is 3.65. The van der Waals surface area contributed by atoms with Crippen molar-refractivity contribution < 1.29 is 33.0 Å². The summed E-state index contributed by atoms with van der Waals surface area (Å²) in [5, 5.41) is 24.3. The van der Waals surface area contributed by atoms with Gasteiger partial charge in [-0.3, -0.25) is 19.1 Å². The lowest BCUT2D eigenvalue weighted by Crippen LogP contribution is -2.40. The Morgan fingerprint density at radius 2 is 1.80 bits per heavy atom. The fourth-order valence-electron chi connectivity index (χ4n) is 5.69. The number of hydrogen-bond donors (Lipinski definition) is 4. The Kier molecular flexibility index (Phi) is 7.62. The first-order valence-corrected chi connectivity index (χ1v) is 15.5. The monoisotopic (exact) mass is 598 g/mol. The zero-order valence-corrected chi connectivity index (χ0v) is 23.9. The van der Waals surface area contributed by atoms with Crippen molar-refractivity contribution in [3.8, 4) is 0 Å². The van der Waals surface area contributed by atoms with E-state index < -0.39 is 28.0 Å². The Morgan fingerprint density at radius 1 is 1.10 bits per heavy atom. The zero-order valence-electron chi connectivity index (χ0n) is 22.3. The third-order valence-electron chi connectivity index (χ3n) is 7.58. The van der Waals surface area contributed by atoms with Crippen molar-refractivity contribution in [3.05, 3.63) is 65.2 Å². The van der Waals surface area contributed by atoms with Gasteiger partial charge in [0.05, 0.1) is 23.3 Å². The Hall–Kier alpha value is -3.81. The topological polar surface area (TPSA) is 166 Å². The molecule has 2 aromatic carbocycles. The fraction of sp³-hybridized carbons (Fsp3) is 0.357. The number of sulfonamides is 1. The highest BCUT2D eigenvalue weighted by Gasteiger charge is 2.47. The summed E-state index contributed by atoms with van der Waals surface area (Å²) in [5.74, 6) is -1.93. The van der Waals surface area contributed by atoms with Gasteiger partial charge in [-0.2, -0.15) is 0 Å². The average molecular weight is 599 g/mol. The minimum Gasteiger partial charge on any atom is -0.481 e. The smallest absolute Gasteiger partial charge is 0.306 e. The lowest BCUT2D eigenvalue weighted by molar-refractivity contribution is -0.142. The molecule has 1 fully saturated rings. The molecule has 2 heterocycles. The van der Waals surface area contributed by atoms with Crippen LogP contribution in [0.2, 0.25) is 0 Å². The molecule has 1 saturated carbocycles. The van der Waals surface area contributed by atoms with E-state index in [0.717, 1.165) is 42.6 Å². The Labute approximate surface area is 241 Å². The maximum atomic E-state index is 13.2. The quantitative estimate of drug-likeness (QED) is 0.287. The molecule has 41 heavy (non-hydrogen) atoms. The molecule has 11 nitrogen and oxygen atoms in total. The second-order valence-electron chi connectivity index (χ2n) is 10.9. The highest BCUT2D eigenvalue weighted by Crippen LogP contribution is 2.51. The summed E-state index contributed by atoms with van der Waals surface area (Å²) in [6.07, 6.45) is 4.30. The number of carbonyl (C=O) groups excluding carboxylic acids is 2. The van der Waals surface area contributed by atoms with Crippen LogP contribution in [0.4, 0.5) is 16.5 Å². The van der Waals surface area contributed by atoms with E-state index in [4.69, 9.17) is 5.11 Å². The number of anilines is 3. The number of thiazole rings is 1. The SMILES string of the molecule is CC(O)(CC(=O)O)CC(=O)N1CC2(CCCC2)c2cc(C(=O)Nc3ccc(S(=O)(=O)Nc4nccs4)cc3)ccc21. The summed E-state index contributed by atoms with van der Waals surface area (Å²) in [7, 11) is -3.82. The van der Waals surface area contributed by atoms with Crippen LogP contribution in [0.3, 0.4) is 0 Å². The third-order valence-corrected chi connectivity index (χ3v) is 9.76. The number of carboxylic acids is 1. The first kappa shape index (κ1) is 28.7. The van der Waals surface area contributed by atoms with Crippen LogP contribution < -0.4 is 14.9 Å². The van der Waals surface area contributed by atoms with E-state index in [1.807, 2.05) is 0 Å². The fourth-order valence-corrected chi connectivity index (χ4v) is 7.48. The van der Waals surface area contributed by atoms with Crippen LogP contribution in [-0.4, -0.2) is 53.5 Å². The second-order valence-corrected chi connectivity index (χ2v) is 13.4. The molecule has 1 unspecified atom stereocenters. The molecular formula is C28H30N4O7S2. The highest BCUT2D eigenvalue weighted by molar-refractivity contribution is 7.93. The summed E-state index contributed by atoms with van der Waals surface area (Å²) < 4.78 is 27.6. The lowest BCUT2D eigenvalue weighted by atomic mass is 9.80. The number of carboxylic acid groups (broad SMARTS) is 1. The summed E-state index contributed by atoms with van der Waals surface area (Å²) in [4.78, 5) is 43.1. The molecule has 2 amide bonds. The highest BCUT2D eigenvalue weighted by atomic mass is 32.2. The van der Waals surface area contributed by atoms with Crippen LogP contribution in [0.15, 0.2) is 58.9 Å². The number of hydrogen-bond acceptors (Lipinski definition) is 8. The van der Waals surface area contributed by atoms with E-state index in [2.05, 4.69) is 15.0 Å². The van der Waals surface area contributed by atoms with Crippen molar-refractivity contribution in [2.24, 2.45) is 0 Å².